The fraction of sp³-hybridized carbons (Fsp3) is 0.462. The molecule has 17 heavy (non-hydrogen) atoms. The summed E-state index contributed by atoms with van der Waals surface area (Å²) < 4.78 is 0. The quantitative estimate of drug-likeness (QED) is 0.809. The highest BCUT2D eigenvalue weighted by Gasteiger charge is 2.20. The number of hydrogen-bond donors (Lipinski definition) is 1. The molecule has 1 amide bonds. The number of nitrogens with zero attached hydrogens (tertiary/aromatic N) is 2. The minimum absolute atomic E-state index is 0.586. The van der Waals surface area contributed by atoms with E-state index in [0.29, 0.717) is 13.1 Å². The molecule has 0 spiro atoms. The van der Waals surface area contributed by atoms with Gasteiger partial charge in [0.05, 0.1) is 0 Å². The van der Waals surface area contributed by atoms with Gasteiger partial charge in [-0.1, -0.05) is 6.07 Å². The molecule has 0 saturated carbocycles. The molecule has 1 aromatic carbocycles. The molecule has 1 fully saturated rings. The zero-order valence-electron chi connectivity index (χ0n) is 10.3. The number of aryl methyl sites for hydroxylation is 2. The second-order valence-electron chi connectivity index (χ2n) is 4.53. The lowest BCUT2D eigenvalue weighted by Gasteiger charge is -2.34. The van der Waals surface area contributed by atoms with E-state index in [2.05, 4.69) is 36.9 Å². The fourth-order valence-electron chi connectivity index (χ4n) is 2.08. The Morgan fingerprint density at radius 1 is 1.12 bits per heavy atom. The van der Waals surface area contributed by atoms with Crippen molar-refractivity contribution < 1.29 is 9.90 Å². The summed E-state index contributed by atoms with van der Waals surface area (Å²) in [5.74, 6) is 0. The second-order valence-corrected chi connectivity index (χ2v) is 4.53. The number of hydrogen-bond acceptors (Lipinski definition) is 2. The first-order valence-corrected chi connectivity index (χ1v) is 5.88. The summed E-state index contributed by atoms with van der Waals surface area (Å²) in [7, 11) is 0. The normalized spacial score (nSPS) is 16.1. The van der Waals surface area contributed by atoms with Gasteiger partial charge < -0.3 is 14.9 Å². The number of rotatable bonds is 1. The van der Waals surface area contributed by atoms with Crippen LogP contribution in [0.15, 0.2) is 18.2 Å². The lowest BCUT2D eigenvalue weighted by molar-refractivity contribution is 0.142. The van der Waals surface area contributed by atoms with Gasteiger partial charge in [-0.05, 0) is 37.1 Å². The van der Waals surface area contributed by atoms with Crippen LogP contribution in [0.25, 0.3) is 0 Å². The summed E-state index contributed by atoms with van der Waals surface area (Å²) >= 11 is 0. The highest BCUT2D eigenvalue weighted by molar-refractivity contribution is 5.65. The van der Waals surface area contributed by atoms with Crippen LogP contribution in [0.4, 0.5) is 10.5 Å². The number of carbonyl (C=O) groups is 1. The summed E-state index contributed by atoms with van der Waals surface area (Å²) in [6, 6.07) is 6.40. The van der Waals surface area contributed by atoms with Gasteiger partial charge in [0.15, 0.2) is 0 Å². The van der Waals surface area contributed by atoms with Crippen LogP contribution in [0.5, 0.6) is 0 Å². The number of carboxylic acid groups (broad SMARTS) is 1. The number of amides is 1. The van der Waals surface area contributed by atoms with E-state index < -0.39 is 6.09 Å². The van der Waals surface area contributed by atoms with Gasteiger partial charge in [0.25, 0.3) is 0 Å². The summed E-state index contributed by atoms with van der Waals surface area (Å²) in [5.41, 5.74) is 3.76. The van der Waals surface area contributed by atoms with Crippen LogP contribution < -0.4 is 4.90 Å². The van der Waals surface area contributed by atoms with Crippen LogP contribution in [0, 0.1) is 13.8 Å². The van der Waals surface area contributed by atoms with E-state index in [1.807, 2.05) is 0 Å². The number of anilines is 1. The molecule has 1 aliphatic heterocycles. The van der Waals surface area contributed by atoms with Crippen LogP contribution in [0.3, 0.4) is 0 Å². The minimum Gasteiger partial charge on any atom is -0.465 e. The van der Waals surface area contributed by atoms with Crippen LogP contribution in [0.1, 0.15) is 11.1 Å². The van der Waals surface area contributed by atoms with E-state index in [4.69, 9.17) is 5.11 Å². The third-order valence-corrected chi connectivity index (χ3v) is 3.41. The largest absolute Gasteiger partial charge is 0.465 e. The molecular formula is C13H18N2O2. The van der Waals surface area contributed by atoms with Crippen molar-refractivity contribution in [3.8, 4) is 0 Å². The molecule has 0 radical (unpaired) electrons. The summed E-state index contributed by atoms with van der Waals surface area (Å²) in [4.78, 5) is 14.5. The summed E-state index contributed by atoms with van der Waals surface area (Å²) in [6.07, 6.45) is -0.815. The average molecular weight is 234 g/mol. The van der Waals surface area contributed by atoms with Crippen molar-refractivity contribution in [2.24, 2.45) is 0 Å². The van der Waals surface area contributed by atoms with E-state index in [9.17, 15) is 4.79 Å². The maximum Gasteiger partial charge on any atom is 0.407 e. The van der Waals surface area contributed by atoms with E-state index in [-0.39, 0.29) is 0 Å². The SMILES string of the molecule is Cc1ccc(N2CCN(C(=O)O)CC2)cc1C. The highest BCUT2D eigenvalue weighted by Crippen LogP contribution is 2.20. The predicted molar refractivity (Wildman–Crippen MR) is 67.7 cm³/mol. The molecule has 4 nitrogen and oxygen atoms in total. The molecule has 4 heteroatoms. The monoisotopic (exact) mass is 234 g/mol. The van der Waals surface area contributed by atoms with Crippen molar-refractivity contribution in [3.05, 3.63) is 29.3 Å². The molecule has 0 atom stereocenters. The third-order valence-electron chi connectivity index (χ3n) is 3.41. The Kier molecular flexibility index (Phi) is 3.22. The van der Waals surface area contributed by atoms with Crippen molar-refractivity contribution >= 4 is 11.8 Å². The first-order valence-electron chi connectivity index (χ1n) is 5.88. The van der Waals surface area contributed by atoms with E-state index in [0.717, 1.165) is 13.1 Å². The standard InChI is InChI=1S/C13H18N2O2/c1-10-3-4-12(9-11(10)2)14-5-7-15(8-6-14)13(16)17/h3-4,9H,5-8H2,1-2H3,(H,16,17). The zero-order chi connectivity index (χ0) is 12.4. The third kappa shape index (κ3) is 2.52. The van der Waals surface area contributed by atoms with E-state index in [1.54, 1.807) is 0 Å². The molecule has 0 unspecified atom stereocenters. The van der Waals surface area contributed by atoms with Gasteiger partial charge in [-0.15, -0.1) is 0 Å². The molecular weight excluding hydrogens is 216 g/mol. The van der Waals surface area contributed by atoms with E-state index >= 15 is 0 Å². The molecule has 1 aromatic rings. The predicted octanol–water partition coefficient (Wildman–Crippen LogP) is 2.10. The van der Waals surface area contributed by atoms with Crippen molar-refractivity contribution in [1.29, 1.82) is 0 Å². The molecule has 1 saturated heterocycles. The van der Waals surface area contributed by atoms with Crippen molar-refractivity contribution in [2.45, 2.75) is 13.8 Å². The maximum atomic E-state index is 10.8. The highest BCUT2D eigenvalue weighted by atomic mass is 16.4. The Hall–Kier alpha value is -1.71. The van der Waals surface area contributed by atoms with Crippen LogP contribution >= 0.6 is 0 Å². The van der Waals surface area contributed by atoms with Gasteiger partial charge >= 0.3 is 6.09 Å². The Morgan fingerprint density at radius 3 is 2.29 bits per heavy atom. The van der Waals surface area contributed by atoms with Crippen LogP contribution in [-0.4, -0.2) is 42.3 Å². The molecule has 92 valence electrons. The Labute approximate surface area is 101 Å². The fourth-order valence-corrected chi connectivity index (χ4v) is 2.08. The van der Waals surface area contributed by atoms with Gasteiger partial charge in [0.2, 0.25) is 0 Å². The second kappa shape index (κ2) is 4.65. The first kappa shape index (κ1) is 11.8. The molecule has 1 heterocycles. The van der Waals surface area contributed by atoms with Crippen LogP contribution in [-0.2, 0) is 0 Å². The smallest absolute Gasteiger partial charge is 0.407 e. The molecule has 0 aliphatic carbocycles. The summed E-state index contributed by atoms with van der Waals surface area (Å²) in [6.45, 7) is 6.92. The van der Waals surface area contributed by atoms with Gasteiger partial charge in [-0.25, -0.2) is 4.79 Å². The molecule has 1 aliphatic rings. The topological polar surface area (TPSA) is 43.8 Å². The molecule has 2 rings (SSSR count). The first-order chi connectivity index (χ1) is 8.08. The Morgan fingerprint density at radius 2 is 1.76 bits per heavy atom. The lowest BCUT2D eigenvalue weighted by Crippen LogP contribution is -2.48. The number of piperazine rings is 1. The van der Waals surface area contributed by atoms with Gasteiger partial charge in [-0.3, -0.25) is 0 Å². The Balaban J connectivity index is 2.05. The maximum absolute atomic E-state index is 10.8. The lowest BCUT2D eigenvalue weighted by atomic mass is 10.1. The average Bonchev–Trinajstić information content (AvgIpc) is 2.33. The van der Waals surface area contributed by atoms with Gasteiger partial charge in [0, 0.05) is 31.9 Å². The molecule has 0 bridgehead atoms. The van der Waals surface area contributed by atoms with Gasteiger partial charge in [-0.2, -0.15) is 0 Å². The summed E-state index contributed by atoms with van der Waals surface area (Å²) in [5, 5.41) is 8.88. The van der Waals surface area contributed by atoms with Crippen molar-refractivity contribution in [2.75, 3.05) is 31.1 Å². The van der Waals surface area contributed by atoms with Crippen molar-refractivity contribution in [1.82, 2.24) is 4.90 Å². The zero-order valence-corrected chi connectivity index (χ0v) is 10.3. The minimum atomic E-state index is -0.815. The molecule has 1 N–H and O–H groups in total. The van der Waals surface area contributed by atoms with Gasteiger partial charge in [0.1, 0.15) is 0 Å². The molecule has 0 aromatic heterocycles. The van der Waals surface area contributed by atoms with E-state index in [1.165, 1.54) is 21.7 Å². The number of benzene rings is 1. The van der Waals surface area contributed by atoms with Crippen molar-refractivity contribution in [3.63, 3.8) is 0 Å². The Bertz CT molecular complexity index is 423. The van der Waals surface area contributed by atoms with Crippen LogP contribution in [0.2, 0.25) is 0 Å².